The molecule has 3 nitrogen and oxygen atoms in total. The number of fused-ring (bicyclic) bond motifs is 1. The molecule has 0 atom stereocenters. The van der Waals surface area contributed by atoms with E-state index < -0.39 is 0 Å². The van der Waals surface area contributed by atoms with Gasteiger partial charge in [-0.3, -0.25) is 4.79 Å². The van der Waals surface area contributed by atoms with E-state index in [9.17, 15) is 9.90 Å². The summed E-state index contributed by atoms with van der Waals surface area (Å²) in [4.78, 5) is 12.0. The number of hydrogen-bond donors (Lipinski definition) is 1. The van der Waals surface area contributed by atoms with E-state index in [0.717, 1.165) is 11.1 Å². The minimum Gasteiger partial charge on any atom is -0.504 e. The summed E-state index contributed by atoms with van der Waals surface area (Å²) >= 11 is 0. The van der Waals surface area contributed by atoms with E-state index in [1.165, 1.54) is 12.1 Å². The van der Waals surface area contributed by atoms with Gasteiger partial charge in [0.05, 0.1) is 5.39 Å². The standard InChI is InChI=1S/C16H12O3/c1-10-5-7-11(8-6-10)15-9-14(18)12-3-2-4-13(17)16(12)19-15/h2-9,17H,1H3. The van der Waals surface area contributed by atoms with Crippen LogP contribution in [0.25, 0.3) is 22.3 Å². The number of aryl methyl sites for hydroxylation is 1. The molecule has 0 amide bonds. The monoisotopic (exact) mass is 252 g/mol. The molecule has 0 saturated heterocycles. The van der Waals surface area contributed by atoms with Gasteiger partial charge in [-0.05, 0) is 19.1 Å². The number of phenols is 1. The Labute approximate surface area is 109 Å². The highest BCUT2D eigenvalue weighted by Crippen LogP contribution is 2.27. The number of phenolic OH excluding ortho intramolecular Hbond substituents is 1. The molecule has 1 N–H and O–H groups in total. The van der Waals surface area contributed by atoms with Gasteiger partial charge >= 0.3 is 0 Å². The smallest absolute Gasteiger partial charge is 0.193 e. The fourth-order valence-corrected chi connectivity index (χ4v) is 2.02. The van der Waals surface area contributed by atoms with Gasteiger partial charge in [-0.15, -0.1) is 0 Å². The van der Waals surface area contributed by atoms with Crippen LogP contribution in [0.2, 0.25) is 0 Å². The van der Waals surface area contributed by atoms with Gasteiger partial charge in [0.1, 0.15) is 5.76 Å². The molecule has 0 spiro atoms. The second-order valence-corrected chi connectivity index (χ2v) is 4.49. The molecule has 0 saturated carbocycles. The number of para-hydroxylation sites is 1. The van der Waals surface area contributed by atoms with Crippen LogP contribution >= 0.6 is 0 Å². The summed E-state index contributed by atoms with van der Waals surface area (Å²) < 4.78 is 5.65. The lowest BCUT2D eigenvalue weighted by atomic mass is 10.1. The highest BCUT2D eigenvalue weighted by atomic mass is 16.4. The first-order chi connectivity index (χ1) is 9.15. The summed E-state index contributed by atoms with van der Waals surface area (Å²) in [5.41, 5.74) is 2.01. The Kier molecular flexibility index (Phi) is 2.60. The lowest BCUT2D eigenvalue weighted by molar-refractivity contribution is 0.464. The van der Waals surface area contributed by atoms with Gasteiger partial charge in [0, 0.05) is 11.6 Å². The topological polar surface area (TPSA) is 50.4 Å². The third kappa shape index (κ3) is 1.99. The van der Waals surface area contributed by atoms with Crippen molar-refractivity contribution in [3.63, 3.8) is 0 Å². The van der Waals surface area contributed by atoms with Crippen LogP contribution in [0.4, 0.5) is 0 Å². The SMILES string of the molecule is Cc1ccc(-c2cc(=O)c3cccc(O)c3o2)cc1. The highest BCUT2D eigenvalue weighted by Gasteiger charge is 2.09. The summed E-state index contributed by atoms with van der Waals surface area (Å²) in [6.07, 6.45) is 0. The van der Waals surface area contributed by atoms with Crippen LogP contribution in [0.5, 0.6) is 5.75 Å². The third-order valence-electron chi connectivity index (χ3n) is 3.07. The summed E-state index contributed by atoms with van der Waals surface area (Å²) in [5, 5.41) is 10.2. The molecular formula is C16H12O3. The molecule has 0 aliphatic heterocycles. The van der Waals surface area contributed by atoms with Gasteiger partial charge in [0.25, 0.3) is 0 Å². The number of aromatic hydroxyl groups is 1. The minimum atomic E-state index is -0.160. The summed E-state index contributed by atoms with van der Waals surface area (Å²) in [6, 6.07) is 13.9. The van der Waals surface area contributed by atoms with Crippen LogP contribution in [0.3, 0.4) is 0 Å². The van der Waals surface area contributed by atoms with Crippen molar-refractivity contribution in [3.05, 3.63) is 64.3 Å². The average Bonchev–Trinajstić information content (AvgIpc) is 2.41. The molecule has 0 fully saturated rings. The van der Waals surface area contributed by atoms with E-state index in [1.807, 2.05) is 31.2 Å². The molecule has 1 heterocycles. The molecule has 1 aromatic heterocycles. The maximum atomic E-state index is 12.0. The summed E-state index contributed by atoms with van der Waals surface area (Å²) in [7, 11) is 0. The Morgan fingerprint density at radius 2 is 1.79 bits per heavy atom. The Balaban J connectivity index is 2.29. The van der Waals surface area contributed by atoms with Gasteiger partial charge < -0.3 is 9.52 Å². The largest absolute Gasteiger partial charge is 0.504 e. The van der Waals surface area contributed by atoms with E-state index in [4.69, 9.17) is 4.42 Å². The quantitative estimate of drug-likeness (QED) is 0.721. The maximum absolute atomic E-state index is 12.0. The molecule has 3 heteroatoms. The Morgan fingerprint density at radius 1 is 1.05 bits per heavy atom. The van der Waals surface area contributed by atoms with E-state index in [0.29, 0.717) is 11.1 Å². The third-order valence-corrected chi connectivity index (χ3v) is 3.07. The molecule has 19 heavy (non-hydrogen) atoms. The second-order valence-electron chi connectivity index (χ2n) is 4.49. The molecule has 3 aromatic rings. The van der Waals surface area contributed by atoms with Gasteiger partial charge in [-0.1, -0.05) is 35.9 Å². The predicted molar refractivity (Wildman–Crippen MR) is 74.3 cm³/mol. The fraction of sp³-hybridized carbons (Fsp3) is 0.0625. The van der Waals surface area contributed by atoms with Crippen LogP contribution in [0, 0.1) is 6.92 Å². The van der Waals surface area contributed by atoms with E-state index in [2.05, 4.69) is 0 Å². The van der Waals surface area contributed by atoms with Gasteiger partial charge in [0.15, 0.2) is 16.8 Å². The van der Waals surface area contributed by atoms with Gasteiger partial charge in [0.2, 0.25) is 0 Å². The lowest BCUT2D eigenvalue weighted by Gasteiger charge is -2.04. The second kappa shape index (κ2) is 4.28. The van der Waals surface area contributed by atoms with Gasteiger partial charge in [-0.2, -0.15) is 0 Å². The van der Waals surface area contributed by atoms with E-state index in [-0.39, 0.29) is 16.8 Å². The Bertz CT molecular complexity index is 798. The van der Waals surface area contributed by atoms with Crippen molar-refractivity contribution >= 4 is 11.0 Å². The number of hydrogen-bond acceptors (Lipinski definition) is 3. The molecule has 0 radical (unpaired) electrons. The van der Waals surface area contributed by atoms with Crippen molar-refractivity contribution in [2.75, 3.05) is 0 Å². The lowest BCUT2D eigenvalue weighted by Crippen LogP contribution is -2.00. The number of rotatable bonds is 1. The first-order valence-electron chi connectivity index (χ1n) is 5.98. The Hall–Kier alpha value is -2.55. The van der Waals surface area contributed by atoms with Crippen molar-refractivity contribution < 1.29 is 9.52 Å². The molecular weight excluding hydrogens is 240 g/mol. The van der Waals surface area contributed by atoms with E-state index in [1.54, 1.807) is 12.1 Å². The van der Waals surface area contributed by atoms with Crippen LogP contribution < -0.4 is 5.43 Å². The Morgan fingerprint density at radius 3 is 2.53 bits per heavy atom. The normalized spacial score (nSPS) is 10.8. The molecule has 94 valence electrons. The zero-order valence-corrected chi connectivity index (χ0v) is 10.4. The van der Waals surface area contributed by atoms with Crippen LogP contribution in [0.15, 0.2) is 57.7 Å². The molecule has 0 bridgehead atoms. The van der Waals surface area contributed by atoms with Crippen molar-refractivity contribution in [3.8, 4) is 17.1 Å². The predicted octanol–water partition coefficient (Wildman–Crippen LogP) is 3.47. The minimum absolute atomic E-state index is 0.0245. The zero-order valence-electron chi connectivity index (χ0n) is 10.4. The molecule has 2 aromatic carbocycles. The van der Waals surface area contributed by atoms with Crippen molar-refractivity contribution in [1.82, 2.24) is 0 Å². The molecule has 0 aliphatic carbocycles. The zero-order chi connectivity index (χ0) is 13.4. The van der Waals surface area contributed by atoms with Crippen molar-refractivity contribution in [2.45, 2.75) is 6.92 Å². The van der Waals surface area contributed by atoms with Crippen molar-refractivity contribution in [2.24, 2.45) is 0 Å². The highest BCUT2D eigenvalue weighted by molar-refractivity contribution is 5.83. The number of benzene rings is 2. The first kappa shape index (κ1) is 11.5. The fourth-order valence-electron chi connectivity index (χ4n) is 2.02. The average molecular weight is 252 g/mol. The molecule has 3 rings (SSSR count). The van der Waals surface area contributed by atoms with Crippen LogP contribution in [0.1, 0.15) is 5.56 Å². The first-order valence-corrected chi connectivity index (χ1v) is 5.98. The molecule has 0 unspecified atom stereocenters. The van der Waals surface area contributed by atoms with Gasteiger partial charge in [-0.25, -0.2) is 0 Å². The summed E-state index contributed by atoms with van der Waals surface area (Å²) in [5.74, 6) is 0.433. The van der Waals surface area contributed by atoms with Crippen LogP contribution in [-0.4, -0.2) is 5.11 Å². The molecule has 0 aliphatic rings. The van der Waals surface area contributed by atoms with E-state index >= 15 is 0 Å². The van der Waals surface area contributed by atoms with Crippen molar-refractivity contribution in [1.29, 1.82) is 0 Å². The maximum Gasteiger partial charge on any atom is 0.193 e. The van der Waals surface area contributed by atoms with Crippen LogP contribution in [-0.2, 0) is 0 Å². The summed E-state index contributed by atoms with van der Waals surface area (Å²) in [6.45, 7) is 1.99.